The average molecular weight is 179 g/mol. The minimum atomic E-state index is 0.257. The number of carbonyl (C=O) groups excluding carboxylic acids is 1. The van der Waals surface area contributed by atoms with E-state index in [0.717, 1.165) is 5.56 Å². The number of nitrogens with one attached hydrogen (secondary N) is 1. The van der Waals surface area contributed by atoms with E-state index >= 15 is 0 Å². The predicted octanol–water partition coefficient (Wildman–Crippen LogP) is 1.41. The molecule has 1 aliphatic rings. The molecule has 1 N–H and O–H groups in total. The van der Waals surface area contributed by atoms with Crippen LogP contribution in [0.3, 0.4) is 0 Å². The summed E-state index contributed by atoms with van der Waals surface area (Å²) >= 11 is 1.54. The molecule has 1 aromatic carbocycles. The van der Waals surface area contributed by atoms with Crippen LogP contribution in [0.4, 0.5) is 0 Å². The number of ketones is 1. The van der Waals surface area contributed by atoms with E-state index in [2.05, 4.69) is 4.72 Å². The van der Waals surface area contributed by atoms with Gasteiger partial charge in [0.25, 0.3) is 0 Å². The molecule has 0 fully saturated rings. The van der Waals surface area contributed by atoms with Crippen LogP contribution in [0.25, 0.3) is 0 Å². The highest BCUT2D eigenvalue weighted by Crippen LogP contribution is 2.22. The average Bonchev–Trinajstić information content (AvgIpc) is 2.25. The molecule has 62 valence electrons. The van der Waals surface area contributed by atoms with Crippen molar-refractivity contribution in [1.82, 2.24) is 4.72 Å². The van der Waals surface area contributed by atoms with E-state index in [-0.39, 0.29) is 5.78 Å². The summed E-state index contributed by atoms with van der Waals surface area (Å²) in [6.07, 6.45) is 0.566. The number of benzene rings is 1. The zero-order valence-electron chi connectivity index (χ0n) is 6.54. The van der Waals surface area contributed by atoms with Crippen LogP contribution in [0, 0.1) is 0 Å². The van der Waals surface area contributed by atoms with Crippen LogP contribution in [0.15, 0.2) is 29.2 Å². The van der Waals surface area contributed by atoms with Crippen molar-refractivity contribution in [2.24, 2.45) is 0 Å². The number of carbonyl (C=O) groups is 1. The van der Waals surface area contributed by atoms with E-state index in [1.54, 1.807) is 11.9 Å². The highest BCUT2D eigenvalue weighted by atomic mass is 32.2. The molecular formula is C9H9NOS. The van der Waals surface area contributed by atoms with Crippen LogP contribution >= 0.6 is 11.9 Å². The largest absolute Gasteiger partial charge is 0.298 e. The van der Waals surface area contributed by atoms with Crippen molar-refractivity contribution in [3.63, 3.8) is 0 Å². The molecule has 1 heterocycles. The molecule has 2 nitrogen and oxygen atoms in total. The molecule has 1 aliphatic heterocycles. The van der Waals surface area contributed by atoms with E-state index in [1.165, 1.54) is 4.90 Å². The second-order valence-corrected chi connectivity index (χ2v) is 3.68. The fourth-order valence-electron chi connectivity index (χ4n) is 1.22. The molecule has 2 rings (SSSR count). The topological polar surface area (TPSA) is 29.1 Å². The molecule has 0 bridgehead atoms. The number of Topliss-reactive ketones (excluding diaryl/α,β-unsaturated/α-hetero) is 1. The Morgan fingerprint density at radius 2 is 2.17 bits per heavy atom. The fraction of sp³-hybridized carbons (Fsp3) is 0.222. The Kier molecular flexibility index (Phi) is 2.15. The Labute approximate surface area is 75.5 Å². The molecule has 3 heteroatoms. The summed E-state index contributed by atoms with van der Waals surface area (Å²) in [5.74, 6) is 0.257. The monoisotopic (exact) mass is 179 g/mol. The van der Waals surface area contributed by atoms with E-state index < -0.39 is 0 Å². The summed E-state index contributed by atoms with van der Waals surface area (Å²) < 4.78 is 3.02. The van der Waals surface area contributed by atoms with Crippen molar-refractivity contribution < 1.29 is 4.79 Å². The number of rotatable bonds is 0. The zero-order valence-corrected chi connectivity index (χ0v) is 7.36. The minimum absolute atomic E-state index is 0.257. The minimum Gasteiger partial charge on any atom is -0.298 e. The van der Waals surface area contributed by atoms with Gasteiger partial charge in [-0.25, -0.2) is 0 Å². The van der Waals surface area contributed by atoms with Gasteiger partial charge < -0.3 is 0 Å². The Morgan fingerprint density at radius 1 is 1.33 bits per heavy atom. The molecule has 0 aromatic heterocycles. The van der Waals surface area contributed by atoms with Crippen molar-refractivity contribution >= 4 is 17.7 Å². The van der Waals surface area contributed by atoms with Gasteiger partial charge in [-0.2, -0.15) is 0 Å². The van der Waals surface area contributed by atoms with Gasteiger partial charge in [0.05, 0.1) is 6.54 Å². The van der Waals surface area contributed by atoms with Gasteiger partial charge in [-0.3, -0.25) is 9.52 Å². The van der Waals surface area contributed by atoms with Crippen molar-refractivity contribution in [3.8, 4) is 0 Å². The molecule has 0 amide bonds. The molecule has 0 atom stereocenters. The van der Waals surface area contributed by atoms with E-state index in [0.29, 0.717) is 13.0 Å². The van der Waals surface area contributed by atoms with Crippen LogP contribution in [0.1, 0.15) is 5.56 Å². The number of fused-ring (bicyclic) bond motifs is 1. The summed E-state index contributed by atoms with van der Waals surface area (Å²) in [5.41, 5.74) is 1.14. The summed E-state index contributed by atoms with van der Waals surface area (Å²) in [4.78, 5) is 12.3. The number of hydrogen-bond donors (Lipinski definition) is 1. The molecule has 0 unspecified atom stereocenters. The smallest absolute Gasteiger partial charge is 0.151 e. The summed E-state index contributed by atoms with van der Waals surface area (Å²) in [6.45, 7) is 0.472. The summed E-state index contributed by atoms with van der Waals surface area (Å²) in [6, 6.07) is 8.00. The molecular weight excluding hydrogens is 170 g/mol. The lowest BCUT2D eigenvalue weighted by molar-refractivity contribution is -0.117. The van der Waals surface area contributed by atoms with Crippen molar-refractivity contribution in [2.75, 3.05) is 6.54 Å². The quantitative estimate of drug-likeness (QED) is 0.610. The lowest BCUT2D eigenvalue weighted by atomic mass is 10.1. The van der Waals surface area contributed by atoms with Crippen molar-refractivity contribution in [2.45, 2.75) is 11.3 Å². The van der Waals surface area contributed by atoms with Gasteiger partial charge in [0.15, 0.2) is 5.78 Å². The van der Waals surface area contributed by atoms with Gasteiger partial charge in [-0.05, 0) is 23.6 Å². The SMILES string of the molecule is O=C1CNSc2ccccc2C1. The highest BCUT2D eigenvalue weighted by Gasteiger charge is 2.12. The second kappa shape index (κ2) is 3.29. The van der Waals surface area contributed by atoms with Crippen LogP contribution < -0.4 is 4.72 Å². The molecule has 0 saturated carbocycles. The van der Waals surface area contributed by atoms with Crippen molar-refractivity contribution in [3.05, 3.63) is 29.8 Å². The van der Waals surface area contributed by atoms with Crippen molar-refractivity contribution in [1.29, 1.82) is 0 Å². The molecule has 12 heavy (non-hydrogen) atoms. The maximum absolute atomic E-state index is 11.2. The maximum atomic E-state index is 11.2. The van der Waals surface area contributed by atoms with Gasteiger partial charge in [0.1, 0.15) is 0 Å². The zero-order chi connectivity index (χ0) is 8.39. The van der Waals surface area contributed by atoms with Gasteiger partial charge in [-0.15, -0.1) is 0 Å². The molecule has 0 spiro atoms. The van der Waals surface area contributed by atoms with Gasteiger partial charge in [0, 0.05) is 11.3 Å². The first kappa shape index (κ1) is 7.83. The first-order chi connectivity index (χ1) is 5.86. The molecule has 0 aliphatic carbocycles. The van der Waals surface area contributed by atoms with E-state index in [9.17, 15) is 4.79 Å². The van der Waals surface area contributed by atoms with Crippen LogP contribution in [0.5, 0.6) is 0 Å². The Bertz CT molecular complexity index is 311. The number of hydrogen-bond acceptors (Lipinski definition) is 3. The lowest BCUT2D eigenvalue weighted by Gasteiger charge is -2.00. The predicted molar refractivity (Wildman–Crippen MR) is 49.0 cm³/mol. The van der Waals surface area contributed by atoms with Gasteiger partial charge >= 0.3 is 0 Å². The fourth-order valence-corrected chi connectivity index (χ4v) is 2.03. The Balaban J connectivity index is 2.37. The normalized spacial score (nSPS) is 16.8. The molecule has 0 saturated heterocycles. The Hall–Kier alpha value is -0.800. The van der Waals surface area contributed by atoms with Gasteiger partial charge in [-0.1, -0.05) is 18.2 Å². The van der Waals surface area contributed by atoms with E-state index in [1.807, 2.05) is 24.3 Å². The highest BCUT2D eigenvalue weighted by molar-refractivity contribution is 7.97. The van der Waals surface area contributed by atoms with Crippen LogP contribution in [-0.4, -0.2) is 12.3 Å². The molecule has 1 aromatic rings. The standard InChI is InChI=1S/C9H9NOS/c11-8-5-7-3-1-2-4-9(7)12-10-6-8/h1-4,10H,5-6H2. The maximum Gasteiger partial charge on any atom is 0.151 e. The first-order valence-electron chi connectivity index (χ1n) is 3.85. The molecule has 0 radical (unpaired) electrons. The first-order valence-corrected chi connectivity index (χ1v) is 4.67. The third-order valence-electron chi connectivity index (χ3n) is 1.81. The second-order valence-electron chi connectivity index (χ2n) is 2.75. The lowest BCUT2D eigenvalue weighted by Crippen LogP contribution is -2.15. The third kappa shape index (κ3) is 1.52. The summed E-state index contributed by atoms with van der Waals surface area (Å²) in [5, 5.41) is 0. The van der Waals surface area contributed by atoms with Crippen LogP contribution in [-0.2, 0) is 11.2 Å². The summed E-state index contributed by atoms with van der Waals surface area (Å²) in [7, 11) is 0. The third-order valence-corrected chi connectivity index (χ3v) is 2.72. The Morgan fingerprint density at radius 3 is 3.08 bits per heavy atom. The van der Waals surface area contributed by atoms with Crippen LogP contribution in [0.2, 0.25) is 0 Å². The van der Waals surface area contributed by atoms with E-state index in [4.69, 9.17) is 0 Å². The van der Waals surface area contributed by atoms with Gasteiger partial charge in [0.2, 0.25) is 0 Å².